The van der Waals surface area contributed by atoms with E-state index in [4.69, 9.17) is 10.5 Å². The Balaban J connectivity index is 1.88. The zero-order chi connectivity index (χ0) is 23.3. The molecule has 1 aliphatic heterocycles. The molecule has 2 bridgehead atoms. The van der Waals surface area contributed by atoms with Crippen LogP contribution >= 0.6 is 0 Å². The maximum absolute atomic E-state index is 14.2. The number of halogens is 1. The first kappa shape index (κ1) is 20.3. The summed E-state index contributed by atoms with van der Waals surface area (Å²) in [5.74, 6) is -0.0850. The van der Waals surface area contributed by atoms with Gasteiger partial charge in [-0.3, -0.25) is 14.0 Å². The van der Waals surface area contributed by atoms with Gasteiger partial charge in [-0.2, -0.15) is 10.4 Å². The van der Waals surface area contributed by atoms with E-state index in [1.165, 1.54) is 39.8 Å². The molecule has 1 aromatic carbocycles. The first-order valence-electron chi connectivity index (χ1n) is 9.98. The molecule has 10 nitrogen and oxygen atoms in total. The SMILES string of the molecule is CC1Oc2nc(cnc2N)-c2c(nn(C)c2C#N)Cn2c(nccc2=O)-c2ccc(F)cc21. The average Bonchev–Trinajstić information content (AvgIpc) is 3.10. The topological polar surface area (TPSA) is 138 Å². The number of hydrogen-bond acceptors (Lipinski definition) is 8. The van der Waals surface area contributed by atoms with Crippen molar-refractivity contribution in [2.75, 3.05) is 5.73 Å². The summed E-state index contributed by atoms with van der Waals surface area (Å²) in [6, 6.07) is 7.60. The van der Waals surface area contributed by atoms with E-state index in [0.717, 1.165) is 0 Å². The van der Waals surface area contributed by atoms with Gasteiger partial charge in [0, 0.05) is 30.4 Å². The second-order valence-electron chi connectivity index (χ2n) is 7.54. The van der Waals surface area contributed by atoms with Crippen LogP contribution in [0.4, 0.5) is 10.2 Å². The number of nitriles is 1. The molecule has 0 saturated heterocycles. The molecule has 0 aliphatic carbocycles. The quantitative estimate of drug-likeness (QED) is 0.436. The van der Waals surface area contributed by atoms with Gasteiger partial charge in [0.1, 0.15) is 29.5 Å². The summed E-state index contributed by atoms with van der Waals surface area (Å²) in [6.45, 7) is 1.71. The van der Waals surface area contributed by atoms with Gasteiger partial charge in [0.25, 0.3) is 11.4 Å². The number of nitrogens with zero attached hydrogens (tertiary/aromatic N) is 7. The molecule has 33 heavy (non-hydrogen) atoms. The molecule has 1 aliphatic rings. The molecule has 2 N–H and O–H groups in total. The highest BCUT2D eigenvalue weighted by Crippen LogP contribution is 2.35. The number of rotatable bonds is 0. The number of benzene rings is 1. The van der Waals surface area contributed by atoms with Gasteiger partial charge in [0.2, 0.25) is 0 Å². The summed E-state index contributed by atoms with van der Waals surface area (Å²) in [5, 5.41) is 14.2. The highest BCUT2D eigenvalue weighted by atomic mass is 19.1. The number of ether oxygens (including phenoxy) is 1. The van der Waals surface area contributed by atoms with Crippen LogP contribution in [-0.2, 0) is 13.6 Å². The maximum Gasteiger partial charge on any atom is 0.258 e. The minimum atomic E-state index is -0.712. The van der Waals surface area contributed by atoms with Gasteiger partial charge in [-0.25, -0.2) is 19.3 Å². The summed E-state index contributed by atoms with van der Waals surface area (Å²) in [4.78, 5) is 26.0. The van der Waals surface area contributed by atoms with E-state index >= 15 is 0 Å². The number of aryl methyl sites for hydroxylation is 1. The van der Waals surface area contributed by atoms with E-state index in [1.54, 1.807) is 20.0 Å². The number of hydrogen-bond donors (Lipinski definition) is 1. The van der Waals surface area contributed by atoms with Gasteiger partial charge in [-0.1, -0.05) is 0 Å². The van der Waals surface area contributed by atoms with Crippen LogP contribution in [-0.4, -0.2) is 29.3 Å². The van der Waals surface area contributed by atoms with Crippen molar-refractivity contribution >= 4 is 5.82 Å². The lowest BCUT2D eigenvalue weighted by molar-refractivity contribution is 0.218. The van der Waals surface area contributed by atoms with Gasteiger partial charge in [-0.15, -0.1) is 0 Å². The number of nitrogens with two attached hydrogens (primary N) is 1. The van der Waals surface area contributed by atoms with E-state index < -0.39 is 11.9 Å². The Hall–Kier alpha value is -4.59. The van der Waals surface area contributed by atoms with Gasteiger partial charge >= 0.3 is 0 Å². The molecule has 11 heteroatoms. The molecule has 0 amide bonds. The summed E-state index contributed by atoms with van der Waals surface area (Å²) >= 11 is 0. The zero-order valence-electron chi connectivity index (χ0n) is 17.7. The van der Waals surface area contributed by atoms with Crippen LogP contribution in [0.2, 0.25) is 0 Å². The van der Waals surface area contributed by atoms with Crippen molar-refractivity contribution in [1.82, 2.24) is 29.3 Å². The lowest BCUT2D eigenvalue weighted by Crippen LogP contribution is -2.24. The lowest BCUT2D eigenvalue weighted by Gasteiger charge is -2.21. The Morgan fingerprint density at radius 2 is 2.12 bits per heavy atom. The van der Waals surface area contributed by atoms with Crippen LogP contribution in [0.1, 0.15) is 30.0 Å². The maximum atomic E-state index is 14.2. The fourth-order valence-electron chi connectivity index (χ4n) is 3.93. The molecule has 0 fully saturated rings. The monoisotopic (exact) mass is 444 g/mol. The van der Waals surface area contributed by atoms with Crippen LogP contribution in [0.15, 0.2) is 41.5 Å². The minimum absolute atomic E-state index is 0.000302. The smallest absolute Gasteiger partial charge is 0.258 e. The minimum Gasteiger partial charge on any atom is -0.467 e. The Kier molecular flexibility index (Phi) is 4.63. The molecule has 0 spiro atoms. The predicted molar refractivity (Wildman–Crippen MR) is 115 cm³/mol. The number of nitrogen functional groups attached to an aromatic ring is 1. The molecule has 164 valence electrons. The van der Waals surface area contributed by atoms with Crippen molar-refractivity contribution in [3.63, 3.8) is 0 Å². The normalized spacial score (nSPS) is 14.5. The van der Waals surface area contributed by atoms with Gasteiger partial charge in [-0.05, 0) is 25.1 Å². The molecule has 1 atom stereocenters. The molecule has 0 radical (unpaired) electrons. The number of anilines is 1. The molecule has 5 rings (SSSR count). The summed E-state index contributed by atoms with van der Waals surface area (Å²) in [6.07, 6.45) is 2.10. The van der Waals surface area contributed by atoms with Crippen molar-refractivity contribution < 1.29 is 9.13 Å². The van der Waals surface area contributed by atoms with E-state index in [2.05, 4.69) is 26.1 Å². The van der Waals surface area contributed by atoms with Crippen LogP contribution < -0.4 is 16.0 Å². The zero-order valence-corrected chi connectivity index (χ0v) is 17.7. The van der Waals surface area contributed by atoms with Crippen molar-refractivity contribution in [3.05, 3.63) is 69.8 Å². The van der Waals surface area contributed by atoms with Crippen molar-refractivity contribution in [2.24, 2.45) is 7.05 Å². The van der Waals surface area contributed by atoms with Gasteiger partial charge in [0.05, 0.1) is 29.7 Å². The van der Waals surface area contributed by atoms with Crippen LogP contribution in [0.25, 0.3) is 22.6 Å². The van der Waals surface area contributed by atoms with Crippen LogP contribution in [0, 0.1) is 17.1 Å². The molecule has 4 heterocycles. The first-order valence-corrected chi connectivity index (χ1v) is 9.98. The molecule has 0 saturated carbocycles. The van der Waals surface area contributed by atoms with Gasteiger partial charge < -0.3 is 10.5 Å². The van der Waals surface area contributed by atoms with E-state index in [1.807, 2.05) is 0 Å². The van der Waals surface area contributed by atoms with E-state index in [9.17, 15) is 14.4 Å². The molecular formula is C22H17FN8O2. The Labute approximate surface area is 186 Å². The Bertz CT molecular complexity index is 1520. The van der Waals surface area contributed by atoms with Gasteiger partial charge in [0.15, 0.2) is 5.82 Å². The predicted octanol–water partition coefficient (Wildman–Crippen LogP) is 2.20. The first-order chi connectivity index (χ1) is 15.9. The van der Waals surface area contributed by atoms with Crippen molar-refractivity contribution in [1.29, 1.82) is 5.26 Å². The van der Waals surface area contributed by atoms with Crippen LogP contribution in [0.3, 0.4) is 0 Å². The van der Waals surface area contributed by atoms with E-state index in [0.29, 0.717) is 33.9 Å². The molecular weight excluding hydrogens is 427 g/mol. The fraction of sp³-hybridized carbons (Fsp3) is 0.182. The third-order valence-corrected chi connectivity index (χ3v) is 5.47. The standard InChI is InChI=1S/C22H17FN8O2/c1-11-14-7-12(23)3-4-13(14)21-26-6-5-18(32)31(21)10-16-19(17(8-24)30(2)29-16)15-9-27-20(25)22(28-15)33-11/h3-7,9,11H,10H2,1-2H3,(H2,25,27). The fourth-order valence-corrected chi connectivity index (χ4v) is 3.93. The third kappa shape index (κ3) is 3.28. The summed E-state index contributed by atoms with van der Waals surface area (Å²) < 4.78 is 23.0. The lowest BCUT2D eigenvalue weighted by atomic mass is 10.0. The summed E-state index contributed by atoms with van der Waals surface area (Å²) in [7, 11) is 1.62. The van der Waals surface area contributed by atoms with Crippen LogP contribution in [0.5, 0.6) is 5.88 Å². The van der Waals surface area contributed by atoms with Crippen molar-refractivity contribution in [3.8, 4) is 34.6 Å². The molecule has 1 unspecified atom stereocenters. The second-order valence-corrected chi connectivity index (χ2v) is 7.54. The summed E-state index contributed by atoms with van der Waals surface area (Å²) in [5.41, 5.74) is 7.99. The largest absolute Gasteiger partial charge is 0.467 e. The highest BCUT2D eigenvalue weighted by Gasteiger charge is 2.26. The Morgan fingerprint density at radius 3 is 2.91 bits per heavy atom. The van der Waals surface area contributed by atoms with E-state index in [-0.39, 0.29) is 29.5 Å². The van der Waals surface area contributed by atoms with Crippen molar-refractivity contribution in [2.45, 2.75) is 19.6 Å². The second kappa shape index (κ2) is 7.52. The Morgan fingerprint density at radius 1 is 1.30 bits per heavy atom. The molecule has 3 aromatic heterocycles. The highest BCUT2D eigenvalue weighted by molar-refractivity contribution is 5.70. The number of aromatic nitrogens is 6. The third-order valence-electron chi connectivity index (χ3n) is 5.47. The number of fused-ring (bicyclic) bond motifs is 7. The average molecular weight is 444 g/mol. The molecule has 4 aromatic rings.